The summed E-state index contributed by atoms with van der Waals surface area (Å²) in [6.45, 7) is 0. The van der Waals surface area contributed by atoms with Crippen LogP contribution in [-0.2, 0) is 9.59 Å². The number of hydrogen-bond donors (Lipinski definition) is 2. The lowest BCUT2D eigenvalue weighted by molar-refractivity contribution is -0.123. The van der Waals surface area contributed by atoms with Gasteiger partial charge in [-0.3, -0.25) is 9.59 Å². The minimum atomic E-state index is -0.437. The van der Waals surface area contributed by atoms with Crippen molar-refractivity contribution in [3.63, 3.8) is 0 Å². The zero-order chi connectivity index (χ0) is 18.2. The molecule has 0 aromatic heterocycles. The number of benzene rings is 2. The summed E-state index contributed by atoms with van der Waals surface area (Å²) in [5.41, 5.74) is 1.07. The molecule has 2 amide bonds. The lowest BCUT2D eigenvalue weighted by Gasteiger charge is -2.11. The average Bonchev–Trinajstić information content (AvgIpc) is 2.61. The predicted molar refractivity (Wildman–Crippen MR) is 94.4 cm³/mol. The smallest absolute Gasteiger partial charge is 0.233 e. The first-order valence-corrected chi connectivity index (χ1v) is 7.51. The molecule has 0 saturated heterocycles. The second-order valence-electron chi connectivity index (χ2n) is 5.07. The van der Waals surface area contributed by atoms with Crippen molar-refractivity contribution in [1.82, 2.24) is 0 Å². The largest absolute Gasteiger partial charge is 0.497 e. The van der Waals surface area contributed by atoms with E-state index in [9.17, 15) is 9.59 Å². The van der Waals surface area contributed by atoms with Gasteiger partial charge in [0.1, 0.15) is 12.2 Å². The third-order valence-corrected chi connectivity index (χ3v) is 3.34. The Morgan fingerprint density at radius 1 is 0.800 bits per heavy atom. The standard InChI is InChI=1S/C18H20N2O5/c1-23-14-6-4-5-12(9-14)19-17(21)11-18(22)20-13-7-8-15(24-2)16(10-13)25-3/h4-10H,11H2,1-3H3,(H,19,21)(H,20,22). The molecule has 25 heavy (non-hydrogen) atoms. The monoisotopic (exact) mass is 344 g/mol. The maximum absolute atomic E-state index is 12.0. The van der Waals surface area contributed by atoms with Gasteiger partial charge in [0.15, 0.2) is 11.5 Å². The molecular formula is C18H20N2O5. The summed E-state index contributed by atoms with van der Waals surface area (Å²) in [4.78, 5) is 24.0. The number of nitrogens with one attached hydrogen (secondary N) is 2. The maximum Gasteiger partial charge on any atom is 0.233 e. The molecule has 0 aliphatic rings. The Labute approximate surface area is 145 Å². The van der Waals surface area contributed by atoms with Crippen LogP contribution in [0.1, 0.15) is 6.42 Å². The molecule has 0 heterocycles. The summed E-state index contributed by atoms with van der Waals surface area (Å²) in [6, 6.07) is 11.9. The number of carbonyl (C=O) groups is 2. The predicted octanol–water partition coefficient (Wildman–Crippen LogP) is 2.68. The molecule has 0 unspecified atom stereocenters. The van der Waals surface area contributed by atoms with Crippen LogP contribution < -0.4 is 24.8 Å². The van der Waals surface area contributed by atoms with Crippen LogP contribution in [0.5, 0.6) is 17.2 Å². The second kappa shape index (κ2) is 8.58. The summed E-state index contributed by atoms with van der Waals surface area (Å²) in [6.07, 6.45) is -0.314. The molecule has 7 nitrogen and oxygen atoms in total. The fourth-order valence-electron chi connectivity index (χ4n) is 2.17. The van der Waals surface area contributed by atoms with Crippen LogP contribution in [0.25, 0.3) is 0 Å². The number of anilines is 2. The van der Waals surface area contributed by atoms with Crippen LogP contribution in [0.4, 0.5) is 11.4 Å². The number of hydrogen-bond acceptors (Lipinski definition) is 5. The SMILES string of the molecule is COc1cccc(NC(=O)CC(=O)Nc2ccc(OC)c(OC)c2)c1. The van der Waals surface area contributed by atoms with Gasteiger partial charge in [-0.25, -0.2) is 0 Å². The topological polar surface area (TPSA) is 85.9 Å². The molecule has 2 aromatic rings. The molecule has 0 aliphatic carbocycles. The van der Waals surface area contributed by atoms with Crippen LogP contribution in [0.2, 0.25) is 0 Å². The van der Waals surface area contributed by atoms with Gasteiger partial charge in [-0.05, 0) is 24.3 Å². The average molecular weight is 344 g/mol. The zero-order valence-corrected chi connectivity index (χ0v) is 14.3. The molecule has 7 heteroatoms. The van der Waals surface area contributed by atoms with E-state index in [1.165, 1.54) is 21.3 Å². The molecule has 132 valence electrons. The minimum Gasteiger partial charge on any atom is -0.497 e. The van der Waals surface area contributed by atoms with Gasteiger partial charge < -0.3 is 24.8 Å². The van der Waals surface area contributed by atoms with Crippen molar-refractivity contribution in [1.29, 1.82) is 0 Å². The summed E-state index contributed by atoms with van der Waals surface area (Å²) in [7, 11) is 4.57. The highest BCUT2D eigenvalue weighted by molar-refractivity contribution is 6.08. The fraction of sp³-hybridized carbons (Fsp3) is 0.222. The van der Waals surface area contributed by atoms with Crippen LogP contribution in [-0.4, -0.2) is 33.1 Å². The van der Waals surface area contributed by atoms with E-state index in [-0.39, 0.29) is 6.42 Å². The van der Waals surface area contributed by atoms with Crippen LogP contribution in [0, 0.1) is 0 Å². The molecule has 0 atom stereocenters. The molecule has 0 saturated carbocycles. The van der Waals surface area contributed by atoms with Crippen LogP contribution >= 0.6 is 0 Å². The first kappa shape index (κ1) is 18.1. The normalized spacial score (nSPS) is 9.88. The van der Waals surface area contributed by atoms with Gasteiger partial charge in [0.05, 0.1) is 21.3 Å². The molecule has 2 rings (SSSR count). The Morgan fingerprint density at radius 2 is 1.44 bits per heavy atom. The van der Waals surface area contributed by atoms with Crippen molar-refractivity contribution < 1.29 is 23.8 Å². The second-order valence-corrected chi connectivity index (χ2v) is 5.07. The highest BCUT2D eigenvalue weighted by atomic mass is 16.5. The Morgan fingerprint density at radius 3 is 2.04 bits per heavy atom. The first-order chi connectivity index (χ1) is 12.0. The number of rotatable bonds is 7. The van der Waals surface area contributed by atoms with Gasteiger partial charge in [0.25, 0.3) is 0 Å². The van der Waals surface area contributed by atoms with E-state index in [0.717, 1.165) is 0 Å². The van der Waals surface area contributed by atoms with Crippen LogP contribution in [0.3, 0.4) is 0 Å². The van der Waals surface area contributed by atoms with E-state index in [4.69, 9.17) is 14.2 Å². The molecule has 2 N–H and O–H groups in total. The number of carbonyl (C=O) groups excluding carboxylic acids is 2. The van der Waals surface area contributed by atoms with E-state index in [1.54, 1.807) is 42.5 Å². The van der Waals surface area contributed by atoms with Gasteiger partial charge in [0, 0.05) is 23.5 Å². The van der Waals surface area contributed by atoms with Gasteiger partial charge in [0.2, 0.25) is 11.8 Å². The van der Waals surface area contributed by atoms with Gasteiger partial charge in [-0.1, -0.05) is 6.07 Å². The van der Waals surface area contributed by atoms with Crippen molar-refractivity contribution in [3.05, 3.63) is 42.5 Å². The van der Waals surface area contributed by atoms with Crippen molar-refractivity contribution in [2.24, 2.45) is 0 Å². The molecule has 0 fully saturated rings. The summed E-state index contributed by atoms with van der Waals surface area (Å²) in [5.74, 6) is 0.795. The molecule has 0 radical (unpaired) electrons. The third-order valence-electron chi connectivity index (χ3n) is 3.34. The highest BCUT2D eigenvalue weighted by Crippen LogP contribution is 2.29. The van der Waals surface area contributed by atoms with E-state index >= 15 is 0 Å². The molecule has 0 spiro atoms. The summed E-state index contributed by atoms with van der Waals surface area (Å²) in [5, 5.41) is 5.30. The van der Waals surface area contributed by atoms with Gasteiger partial charge in [-0.2, -0.15) is 0 Å². The molecule has 0 aliphatic heterocycles. The Hall–Kier alpha value is -3.22. The quantitative estimate of drug-likeness (QED) is 0.754. The molecule has 2 aromatic carbocycles. The van der Waals surface area contributed by atoms with Crippen molar-refractivity contribution in [2.75, 3.05) is 32.0 Å². The van der Waals surface area contributed by atoms with E-state index in [1.807, 2.05) is 0 Å². The summed E-state index contributed by atoms with van der Waals surface area (Å²) >= 11 is 0. The van der Waals surface area contributed by atoms with Crippen molar-refractivity contribution >= 4 is 23.2 Å². The number of methoxy groups -OCH3 is 3. The minimum absolute atomic E-state index is 0.314. The van der Waals surface area contributed by atoms with E-state index < -0.39 is 11.8 Å². The fourth-order valence-corrected chi connectivity index (χ4v) is 2.17. The number of amides is 2. The first-order valence-electron chi connectivity index (χ1n) is 7.51. The molecular weight excluding hydrogens is 324 g/mol. The summed E-state index contributed by atoms with van der Waals surface area (Å²) < 4.78 is 15.4. The van der Waals surface area contributed by atoms with E-state index in [0.29, 0.717) is 28.6 Å². The van der Waals surface area contributed by atoms with Crippen LogP contribution in [0.15, 0.2) is 42.5 Å². The lowest BCUT2D eigenvalue weighted by atomic mass is 10.2. The lowest BCUT2D eigenvalue weighted by Crippen LogP contribution is -2.21. The maximum atomic E-state index is 12.0. The Balaban J connectivity index is 1.94. The van der Waals surface area contributed by atoms with E-state index in [2.05, 4.69) is 10.6 Å². The van der Waals surface area contributed by atoms with Gasteiger partial charge >= 0.3 is 0 Å². The molecule has 0 bridgehead atoms. The Kier molecular flexibility index (Phi) is 6.22. The van der Waals surface area contributed by atoms with Crippen molar-refractivity contribution in [2.45, 2.75) is 6.42 Å². The van der Waals surface area contributed by atoms with Crippen molar-refractivity contribution in [3.8, 4) is 17.2 Å². The zero-order valence-electron chi connectivity index (χ0n) is 14.3. The third kappa shape index (κ3) is 5.13. The number of ether oxygens (including phenoxy) is 3. The highest BCUT2D eigenvalue weighted by Gasteiger charge is 2.12. The Bertz CT molecular complexity index is 761. The van der Waals surface area contributed by atoms with Gasteiger partial charge in [-0.15, -0.1) is 0 Å².